The molecule has 0 aromatic heterocycles. The largest absolute Gasteiger partial charge is 0.459 e. The van der Waals surface area contributed by atoms with Crippen molar-refractivity contribution in [2.45, 2.75) is 72.3 Å². The van der Waals surface area contributed by atoms with E-state index in [0.29, 0.717) is 0 Å². The van der Waals surface area contributed by atoms with Crippen molar-refractivity contribution in [3.8, 4) is 0 Å². The van der Waals surface area contributed by atoms with Gasteiger partial charge in [0.25, 0.3) is 0 Å². The van der Waals surface area contributed by atoms with E-state index in [4.69, 9.17) is 4.74 Å². The lowest BCUT2D eigenvalue weighted by Gasteiger charge is -2.09. The predicted octanol–water partition coefficient (Wildman–Crippen LogP) is 5.05. The van der Waals surface area contributed by atoms with E-state index in [2.05, 4.69) is 26.8 Å². The fourth-order valence-electron chi connectivity index (χ4n) is 2.10. The SMILES string of the molecule is CC(C=CCC(C)CCCC(C)C)=CC(=O)OC1CC1. The topological polar surface area (TPSA) is 26.3 Å². The van der Waals surface area contributed by atoms with Gasteiger partial charge in [-0.3, -0.25) is 0 Å². The Kier molecular flexibility index (Phi) is 7.64. The predicted molar refractivity (Wildman–Crippen MR) is 84.5 cm³/mol. The summed E-state index contributed by atoms with van der Waals surface area (Å²) < 4.78 is 5.19. The molecule has 1 rings (SSSR count). The molecule has 2 heteroatoms. The molecule has 0 bridgehead atoms. The lowest BCUT2D eigenvalue weighted by atomic mass is 9.97. The van der Waals surface area contributed by atoms with Gasteiger partial charge < -0.3 is 4.74 Å². The molecule has 0 N–H and O–H groups in total. The quantitative estimate of drug-likeness (QED) is 0.335. The third kappa shape index (κ3) is 8.95. The number of esters is 1. The first-order chi connectivity index (χ1) is 9.47. The number of rotatable bonds is 9. The van der Waals surface area contributed by atoms with Gasteiger partial charge in [0.2, 0.25) is 0 Å². The maximum absolute atomic E-state index is 11.5. The van der Waals surface area contributed by atoms with Crippen molar-refractivity contribution in [1.82, 2.24) is 0 Å². The lowest BCUT2D eigenvalue weighted by Crippen LogP contribution is -2.02. The molecule has 0 aliphatic heterocycles. The Hall–Kier alpha value is -1.05. The average molecular weight is 278 g/mol. The highest BCUT2D eigenvalue weighted by molar-refractivity contribution is 5.83. The van der Waals surface area contributed by atoms with Crippen molar-refractivity contribution in [1.29, 1.82) is 0 Å². The highest BCUT2D eigenvalue weighted by Crippen LogP contribution is 2.23. The molecule has 0 aromatic rings. The van der Waals surface area contributed by atoms with E-state index in [1.165, 1.54) is 19.3 Å². The summed E-state index contributed by atoms with van der Waals surface area (Å²) in [6.07, 6.45) is 13.1. The number of carbonyl (C=O) groups is 1. The molecule has 2 nitrogen and oxygen atoms in total. The molecule has 0 heterocycles. The first-order valence-electron chi connectivity index (χ1n) is 8.02. The van der Waals surface area contributed by atoms with Crippen LogP contribution in [0, 0.1) is 11.8 Å². The van der Waals surface area contributed by atoms with Crippen LogP contribution in [0.15, 0.2) is 23.8 Å². The van der Waals surface area contributed by atoms with Gasteiger partial charge in [0.1, 0.15) is 6.10 Å². The van der Waals surface area contributed by atoms with Gasteiger partial charge in [-0.25, -0.2) is 4.79 Å². The third-order valence-electron chi connectivity index (χ3n) is 3.55. The summed E-state index contributed by atoms with van der Waals surface area (Å²) in [6, 6.07) is 0. The van der Waals surface area contributed by atoms with Crippen LogP contribution in [0.3, 0.4) is 0 Å². The van der Waals surface area contributed by atoms with Crippen molar-refractivity contribution in [3.63, 3.8) is 0 Å². The Morgan fingerprint density at radius 1 is 1.25 bits per heavy atom. The van der Waals surface area contributed by atoms with E-state index < -0.39 is 0 Å². The molecule has 0 spiro atoms. The van der Waals surface area contributed by atoms with Crippen molar-refractivity contribution in [3.05, 3.63) is 23.8 Å². The maximum atomic E-state index is 11.5. The standard InChI is InChI=1S/C18H30O2/c1-14(2)7-5-8-15(3)9-6-10-16(4)13-18(19)20-17-11-12-17/h6,10,13-15,17H,5,7-9,11-12H2,1-4H3. The van der Waals surface area contributed by atoms with Crippen LogP contribution in [0.5, 0.6) is 0 Å². The van der Waals surface area contributed by atoms with Gasteiger partial charge in [-0.15, -0.1) is 0 Å². The summed E-state index contributed by atoms with van der Waals surface area (Å²) in [5.41, 5.74) is 0.977. The van der Waals surface area contributed by atoms with Crippen molar-refractivity contribution < 1.29 is 9.53 Å². The zero-order valence-corrected chi connectivity index (χ0v) is 13.5. The van der Waals surface area contributed by atoms with Crippen LogP contribution < -0.4 is 0 Å². The van der Waals surface area contributed by atoms with Gasteiger partial charge in [0, 0.05) is 6.08 Å². The monoisotopic (exact) mass is 278 g/mol. The van der Waals surface area contributed by atoms with Crippen LogP contribution in [0.2, 0.25) is 0 Å². The maximum Gasteiger partial charge on any atom is 0.331 e. The Morgan fingerprint density at radius 3 is 2.55 bits per heavy atom. The van der Waals surface area contributed by atoms with E-state index in [1.807, 2.05) is 13.0 Å². The van der Waals surface area contributed by atoms with Crippen LogP contribution in [0.1, 0.15) is 66.2 Å². The first kappa shape index (κ1) is 17.0. The number of allylic oxidation sites excluding steroid dienone is 3. The summed E-state index contributed by atoms with van der Waals surface area (Å²) in [7, 11) is 0. The van der Waals surface area contributed by atoms with Crippen LogP contribution in [-0.4, -0.2) is 12.1 Å². The zero-order valence-electron chi connectivity index (χ0n) is 13.5. The molecule has 20 heavy (non-hydrogen) atoms. The highest BCUT2D eigenvalue weighted by atomic mass is 16.5. The van der Waals surface area contributed by atoms with E-state index in [0.717, 1.165) is 36.7 Å². The van der Waals surface area contributed by atoms with E-state index in [-0.39, 0.29) is 12.1 Å². The second-order valence-electron chi connectivity index (χ2n) is 6.59. The molecule has 1 fully saturated rings. The van der Waals surface area contributed by atoms with Crippen LogP contribution >= 0.6 is 0 Å². The molecule has 1 saturated carbocycles. The second-order valence-corrected chi connectivity index (χ2v) is 6.59. The van der Waals surface area contributed by atoms with Gasteiger partial charge in [-0.05, 0) is 43.6 Å². The van der Waals surface area contributed by atoms with Crippen LogP contribution in [0.4, 0.5) is 0 Å². The number of carbonyl (C=O) groups excluding carboxylic acids is 1. The van der Waals surface area contributed by atoms with Crippen LogP contribution in [-0.2, 0) is 9.53 Å². The fraction of sp³-hybridized carbons (Fsp3) is 0.722. The molecular formula is C18H30O2. The highest BCUT2D eigenvalue weighted by Gasteiger charge is 2.24. The van der Waals surface area contributed by atoms with Crippen LogP contribution in [0.25, 0.3) is 0 Å². The third-order valence-corrected chi connectivity index (χ3v) is 3.55. The van der Waals surface area contributed by atoms with Gasteiger partial charge in [-0.2, -0.15) is 0 Å². The Morgan fingerprint density at radius 2 is 1.95 bits per heavy atom. The molecule has 0 amide bonds. The number of ether oxygens (including phenoxy) is 1. The lowest BCUT2D eigenvalue weighted by molar-refractivity contribution is -0.138. The molecule has 1 aliphatic carbocycles. The molecule has 114 valence electrons. The van der Waals surface area contributed by atoms with Gasteiger partial charge in [-0.1, -0.05) is 52.2 Å². The van der Waals surface area contributed by atoms with Crippen molar-refractivity contribution in [2.24, 2.45) is 11.8 Å². The Labute approximate surface area is 124 Å². The molecule has 1 unspecified atom stereocenters. The first-order valence-corrected chi connectivity index (χ1v) is 8.02. The zero-order chi connectivity index (χ0) is 15.0. The summed E-state index contributed by atoms with van der Waals surface area (Å²) in [5, 5.41) is 0. The van der Waals surface area contributed by atoms with Gasteiger partial charge >= 0.3 is 5.97 Å². The Balaban J connectivity index is 2.17. The fourth-order valence-corrected chi connectivity index (χ4v) is 2.10. The van der Waals surface area contributed by atoms with Gasteiger partial charge in [0.15, 0.2) is 0 Å². The molecule has 1 aliphatic rings. The summed E-state index contributed by atoms with van der Waals surface area (Å²) in [6.45, 7) is 8.80. The molecular weight excluding hydrogens is 248 g/mol. The number of hydrogen-bond donors (Lipinski definition) is 0. The summed E-state index contributed by atoms with van der Waals surface area (Å²) in [4.78, 5) is 11.5. The second kappa shape index (κ2) is 8.99. The molecule has 1 atom stereocenters. The minimum absolute atomic E-state index is 0.191. The molecule has 0 radical (unpaired) electrons. The Bertz CT molecular complexity index is 348. The van der Waals surface area contributed by atoms with Crippen molar-refractivity contribution in [2.75, 3.05) is 0 Å². The van der Waals surface area contributed by atoms with E-state index in [1.54, 1.807) is 6.08 Å². The number of hydrogen-bond acceptors (Lipinski definition) is 2. The van der Waals surface area contributed by atoms with Gasteiger partial charge in [0.05, 0.1) is 0 Å². The summed E-state index contributed by atoms with van der Waals surface area (Å²) in [5.74, 6) is 1.33. The normalized spacial score (nSPS) is 17.8. The van der Waals surface area contributed by atoms with E-state index in [9.17, 15) is 4.79 Å². The molecule has 0 saturated heterocycles. The minimum Gasteiger partial charge on any atom is -0.459 e. The molecule has 0 aromatic carbocycles. The smallest absolute Gasteiger partial charge is 0.331 e. The van der Waals surface area contributed by atoms with Crippen molar-refractivity contribution >= 4 is 5.97 Å². The summed E-state index contributed by atoms with van der Waals surface area (Å²) >= 11 is 0. The average Bonchev–Trinajstić information content (AvgIpc) is 3.11. The minimum atomic E-state index is -0.195. The van der Waals surface area contributed by atoms with E-state index >= 15 is 0 Å².